The minimum absolute atomic E-state index is 0.0506. The van der Waals surface area contributed by atoms with Gasteiger partial charge in [-0.25, -0.2) is 0 Å². The maximum absolute atomic E-state index is 6.86. The summed E-state index contributed by atoms with van der Waals surface area (Å²) in [7, 11) is -1.96. The lowest BCUT2D eigenvalue weighted by Gasteiger charge is -2.42. The average molecular weight is 381 g/mol. The van der Waals surface area contributed by atoms with Crippen molar-refractivity contribution in [3.05, 3.63) is 28.8 Å². The van der Waals surface area contributed by atoms with Crippen molar-refractivity contribution in [3.8, 4) is 11.5 Å². The highest BCUT2D eigenvalue weighted by molar-refractivity contribution is 6.74. The van der Waals surface area contributed by atoms with Crippen LogP contribution in [0.4, 0.5) is 0 Å². The molecule has 136 valence electrons. The molecule has 0 radical (unpaired) electrons. The van der Waals surface area contributed by atoms with Crippen molar-refractivity contribution < 1.29 is 18.6 Å². The fraction of sp³-hybridized carbons (Fsp3) is 0.579. The minimum Gasteiger partial charge on any atom is -0.454 e. The van der Waals surface area contributed by atoms with E-state index in [-0.39, 0.29) is 23.9 Å². The molecule has 1 aliphatic carbocycles. The van der Waals surface area contributed by atoms with Gasteiger partial charge in [0.15, 0.2) is 19.8 Å². The zero-order valence-electron chi connectivity index (χ0n) is 15.4. The minimum atomic E-state index is -1.96. The van der Waals surface area contributed by atoms with E-state index < -0.39 is 8.32 Å². The third kappa shape index (κ3) is 2.72. The van der Waals surface area contributed by atoms with Gasteiger partial charge in [0.25, 0.3) is 0 Å². The Balaban J connectivity index is 1.82. The summed E-state index contributed by atoms with van der Waals surface area (Å²) in [5.74, 6) is 1.70. The standard InChI is InChI=1S/C19H25ClO4Si/c1-19(2,3)25(4,5)24-18-12-7-16-15(22-10-23-16)6-11(12)17(20)13-8-21-9-14(13)18/h6-7,14,18H,8-10H2,1-5H3/t14-,18+/m0/s1. The summed E-state index contributed by atoms with van der Waals surface area (Å²) in [6, 6.07) is 4.04. The van der Waals surface area contributed by atoms with Gasteiger partial charge in [-0.1, -0.05) is 32.4 Å². The van der Waals surface area contributed by atoms with Gasteiger partial charge in [-0.2, -0.15) is 0 Å². The number of halogens is 1. The van der Waals surface area contributed by atoms with Crippen molar-refractivity contribution in [1.82, 2.24) is 0 Å². The molecule has 0 N–H and O–H groups in total. The summed E-state index contributed by atoms with van der Waals surface area (Å²) in [5.41, 5.74) is 3.24. The Morgan fingerprint density at radius 2 is 1.84 bits per heavy atom. The topological polar surface area (TPSA) is 36.9 Å². The van der Waals surface area contributed by atoms with Crippen molar-refractivity contribution >= 4 is 25.0 Å². The lowest BCUT2D eigenvalue weighted by Crippen LogP contribution is -2.44. The van der Waals surface area contributed by atoms with Gasteiger partial charge in [-0.15, -0.1) is 0 Å². The van der Waals surface area contributed by atoms with Crippen molar-refractivity contribution in [3.63, 3.8) is 0 Å². The zero-order valence-corrected chi connectivity index (χ0v) is 17.2. The molecule has 0 aromatic heterocycles. The van der Waals surface area contributed by atoms with Crippen molar-refractivity contribution in [2.24, 2.45) is 5.92 Å². The lowest BCUT2D eigenvalue weighted by atomic mass is 9.82. The van der Waals surface area contributed by atoms with Crippen molar-refractivity contribution in [2.45, 2.75) is 45.0 Å². The van der Waals surface area contributed by atoms with Gasteiger partial charge >= 0.3 is 0 Å². The monoisotopic (exact) mass is 380 g/mol. The second-order valence-corrected chi connectivity index (χ2v) is 13.7. The number of hydrogen-bond donors (Lipinski definition) is 0. The van der Waals surface area contributed by atoms with E-state index in [0.717, 1.165) is 33.2 Å². The first-order valence-electron chi connectivity index (χ1n) is 8.77. The molecule has 0 unspecified atom stereocenters. The molecular weight excluding hydrogens is 356 g/mol. The Hall–Kier alpha value is -1.01. The Morgan fingerprint density at radius 1 is 1.16 bits per heavy atom. The lowest BCUT2D eigenvalue weighted by molar-refractivity contribution is 0.103. The Labute approximate surface area is 155 Å². The molecule has 1 aromatic carbocycles. The summed E-state index contributed by atoms with van der Waals surface area (Å²) in [6.45, 7) is 12.8. The first kappa shape index (κ1) is 17.4. The van der Waals surface area contributed by atoms with E-state index in [9.17, 15) is 0 Å². The SMILES string of the molecule is CC(C)(C)[Si](C)(C)O[C@@H]1c2cc3c(cc2C(Cl)=C2COC[C@@H]21)OCO3. The van der Waals surface area contributed by atoms with Gasteiger partial charge in [-0.05, 0) is 41.4 Å². The average Bonchev–Trinajstić information content (AvgIpc) is 3.17. The first-order chi connectivity index (χ1) is 11.7. The number of ether oxygens (including phenoxy) is 3. The molecule has 2 heterocycles. The molecule has 4 nitrogen and oxygen atoms in total. The van der Waals surface area contributed by atoms with Crippen LogP contribution in [0.15, 0.2) is 17.7 Å². The largest absolute Gasteiger partial charge is 0.454 e. The highest BCUT2D eigenvalue weighted by atomic mass is 35.5. The Morgan fingerprint density at radius 3 is 2.52 bits per heavy atom. The smallest absolute Gasteiger partial charge is 0.231 e. The third-order valence-electron chi connectivity index (χ3n) is 5.97. The van der Waals surface area contributed by atoms with E-state index in [0.29, 0.717) is 13.2 Å². The quantitative estimate of drug-likeness (QED) is 0.670. The molecular formula is C19H25ClO4Si. The van der Waals surface area contributed by atoms with E-state index in [1.165, 1.54) is 0 Å². The van der Waals surface area contributed by atoms with Gasteiger partial charge in [0.1, 0.15) is 0 Å². The molecule has 6 heteroatoms. The zero-order chi connectivity index (χ0) is 18.0. The maximum Gasteiger partial charge on any atom is 0.231 e. The molecule has 1 saturated heterocycles. The molecule has 1 fully saturated rings. The van der Waals surface area contributed by atoms with Gasteiger partial charge in [0.2, 0.25) is 6.79 Å². The summed E-state index contributed by atoms with van der Waals surface area (Å²) < 4.78 is 23.8. The molecule has 4 rings (SSSR count). The molecule has 1 aromatic rings. The summed E-state index contributed by atoms with van der Waals surface area (Å²) in [4.78, 5) is 0. The predicted molar refractivity (Wildman–Crippen MR) is 101 cm³/mol. The predicted octanol–water partition coefficient (Wildman–Crippen LogP) is 5.09. The molecule has 2 atom stereocenters. The van der Waals surface area contributed by atoms with Gasteiger partial charge < -0.3 is 18.6 Å². The second-order valence-electron chi connectivity index (χ2n) is 8.55. The Bertz CT molecular complexity index is 751. The summed E-state index contributed by atoms with van der Waals surface area (Å²) >= 11 is 6.74. The highest BCUT2D eigenvalue weighted by Crippen LogP contribution is 2.53. The molecule has 0 bridgehead atoms. The van der Waals surface area contributed by atoms with E-state index >= 15 is 0 Å². The van der Waals surface area contributed by atoms with Crippen LogP contribution in [0.1, 0.15) is 38.0 Å². The van der Waals surface area contributed by atoms with Crippen LogP contribution < -0.4 is 9.47 Å². The Kier molecular flexibility index (Phi) is 4.00. The molecule has 2 aliphatic heterocycles. The van der Waals surface area contributed by atoms with Crippen LogP contribution in [-0.4, -0.2) is 28.3 Å². The van der Waals surface area contributed by atoms with Crippen LogP contribution in [0.5, 0.6) is 11.5 Å². The normalized spacial score (nSPS) is 25.2. The first-order valence-corrected chi connectivity index (χ1v) is 12.1. The summed E-state index contributed by atoms with van der Waals surface area (Å²) in [6.07, 6.45) is -0.0506. The molecule has 0 saturated carbocycles. The van der Waals surface area contributed by atoms with Crippen LogP contribution in [0, 0.1) is 5.92 Å². The van der Waals surface area contributed by atoms with Crippen molar-refractivity contribution in [2.75, 3.05) is 20.0 Å². The molecule has 3 aliphatic rings. The van der Waals surface area contributed by atoms with Crippen LogP contribution >= 0.6 is 11.6 Å². The van der Waals surface area contributed by atoms with E-state index in [4.69, 9.17) is 30.2 Å². The summed E-state index contributed by atoms with van der Waals surface area (Å²) in [5, 5.41) is 0.916. The molecule has 0 amide bonds. The fourth-order valence-corrected chi connectivity index (χ4v) is 5.05. The van der Waals surface area contributed by atoms with Gasteiger partial charge in [0.05, 0.1) is 24.4 Å². The highest BCUT2D eigenvalue weighted by Gasteiger charge is 2.46. The van der Waals surface area contributed by atoms with Crippen LogP contribution in [0.25, 0.3) is 5.03 Å². The third-order valence-corrected chi connectivity index (χ3v) is 10.9. The van der Waals surface area contributed by atoms with Gasteiger partial charge in [-0.3, -0.25) is 0 Å². The van der Waals surface area contributed by atoms with Gasteiger partial charge in [0, 0.05) is 11.5 Å². The van der Waals surface area contributed by atoms with Crippen LogP contribution in [0.3, 0.4) is 0 Å². The van der Waals surface area contributed by atoms with Crippen LogP contribution in [-0.2, 0) is 9.16 Å². The second kappa shape index (κ2) is 5.74. The molecule has 25 heavy (non-hydrogen) atoms. The maximum atomic E-state index is 6.86. The van der Waals surface area contributed by atoms with Crippen LogP contribution in [0.2, 0.25) is 18.1 Å². The fourth-order valence-electron chi connectivity index (χ4n) is 3.41. The van der Waals surface area contributed by atoms with E-state index in [1.807, 2.05) is 12.1 Å². The number of rotatable bonds is 2. The molecule has 0 spiro atoms. The van der Waals surface area contributed by atoms with Crippen molar-refractivity contribution in [1.29, 1.82) is 0 Å². The number of hydrogen-bond acceptors (Lipinski definition) is 4. The van der Waals surface area contributed by atoms with E-state index in [1.54, 1.807) is 0 Å². The van der Waals surface area contributed by atoms with E-state index in [2.05, 4.69) is 33.9 Å². The number of benzene rings is 1. The number of fused-ring (bicyclic) bond motifs is 3.